The quantitative estimate of drug-likeness (QED) is 0.352. The second kappa shape index (κ2) is 8.62. The maximum absolute atomic E-state index is 13.1. The molecule has 3 aromatic heterocycles. The fourth-order valence-corrected chi connectivity index (χ4v) is 4.65. The summed E-state index contributed by atoms with van der Waals surface area (Å²) in [5.74, 6) is 0.617. The van der Waals surface area contributed by atoms with Gasteiger partial charge in [0.05, 0.1) is 35.3 Å². The summed E-state index contributed by atoms with van der Waals surface area (Å²) in [5.41, 5.74) is 3.78. The van der Waals surface area contributed by atoms with E-state index < -0.39 is 11.7 Å². The van der Waals surface area contributed by atoms with E-state index in [1.165, 1.54) is 12.1 Å². The normalized spacial score (nSPS) is 20.7. The van der Waals surface area contributed by atoms with Crippen molar-refractivity contribution in [1.82, 2.24) is 29.7 Å². The topological polar surface area (TPSA) is 78.6 Å². The number of benzene rings is 1. The van der Waals surface area contributed by atoms with Gasteiger partial charge in [-0.25, -0.2) is 19.9 Å². The molecule has 2 atom stereocenters. The largest absolute Gasteiger partial charge is 0.416 e. The molecule has 0 spiro atoms. The number of hydrogen-bond acceptors (Lipinski definition) is 6. The van der Waals surface area contributed by atoms with E-state index in [1.54, 1.807) is 0 Å². The molecule has 36 heavy (non-hydrogen) atoms. The van der Waals surface area contributed by atoms with Gasteiger partial charge in [0, 0.05) is 29.8 Å². The summed E-state index contributed by atoms with van der Waals surface area (Å²) in [6, 6.07) is 5.51. The van der Waals surface area contributed by atoms with Crippen molar-refractivity contribution in [3.05, 3.63) is 65.0 Å². The van der Waals surface area contributed by atoms with Gasteiger partial charge in [0.2, 0.25) is 0 Å². The predicted molar refractivity (Wildman–Crippen MR) is 126 cm³/mol. The molecule has 1 saturated carbocycles. The van der Waals surface area contributed by atoms with Crippen LogP contribution in [0.3, 0.4) is 0 Å². The van der Waals surface area contributed by atoms with Crippen LogP contribution in [0.1, 0.15) is 72.1 Å². The number of aryl methyl sites for hydroxylation is 2. The second-order valence-electron chi connectivity index (χ2n) is 9.64. The molecular weight excluding hydrogens is 469 g/mol. The van der Waals surface area contributed by atoms with Crippen molar-refractivity contribution < 1.29 is 17.9 Å². The zero-order chi connectivity index (χ0) is 25.0. The maximum Gasteiger partial charge on any atom is 0.416 e. The minimum Gasteiger partial charge on any atom is -0.373 e. The van der Waals surface area contributed by atoms with Crippen LogP contribution >= 0.6 is 0 Å². The Morgan fingerprint density at radius 1 is 0.944 bits per heavy atom. The summed E-state index contributed by atoms with van der Waals surface area (Å²) in [7, 11) is 0. The molecule has 2 aliphatic rings. The molecule has 0 bridgehead atoms. The predicted octanol–water partition coefficient (Wildman–Crippen LogP) is 5.89. The van der Waals surface area contributed by atoms with Crippen LogP contribution in [0.4, 0.5) is 13.2 Å². The van der Waals surface area contributed by atoms with Gasteiger partial charge in [-0.1, -0.05) is 12.1 Å². The number of fused-ring (bicyclic) bond motifs is 1. The van der Waals surface area contributed by atoms with Gasteiger partial charge in [0.15, 0.2) is 5.65 Å². The van der Waals surface area contributed by atoms with Crippen molar-refractivity contribution in [2.24, 2.45) is 0 Å². The van der Waals surface area contributed by atoms with Crippen LogP contribution in [-0.4, -0.2) is 36.3 Å². The summed E-state index contributed by atoms with van der Waals surface area (Å²) >= 11 is 0. The summed E-state index contributed by atoms with van der Waals surface area (Å²) in [6.07, 6.45) is 3.16. The second-order valence-corrected chi connectivity index (χ2v) is 9.64. The first kappa shape index (κ1) is 23.0. The Bertz CT molecular complexity index is 1430. The van der Waals surface area contributed by atoms with Crippen LogP contribution in [0, 0.1) is 13.8 Å². The van der Waals surface area contributed by atoms with Crippen molar-refractivity contribution >= 4 is 11.2 Å². The lowest BCUT2D eigenvalue weighted by Crippen LogP contribution is -2.20. The highest BCUT2D eigenvalue weighted by atomic mass is 19.4. The summed E-state index contributed by atoms with van der Waals surface area (Å²) in [5, 5.41) is 4.50. The summed E-state index contributed by atoms with van der Waals surface area (Å²) < 4.78 is 47.5. The molecule has 2 fully saturated rings. The van der Waals surface area contributed by atoms with E-state index in [0.717, 1.165) is 48.3 Å². The first-order valence-corrected chi connectivity index (χ1v) is 12.1. The minimum atomic E-state index is -4.41. The molecule has 4 heterocycles. The molecule has 1 aliphatic carbocycles. The first-order chi connectivity index (χ1) is 17.3. The number of rotatable bonds is 4. The van der Waals surface area contributed by atoms with Crippen LogP contribution in [0.25, 0.3) is 22.4 Å². The van der Waals surface area contributed by atoms with Crippen molar-refractivity contribution in [2.75, 3.05) is 6.61 Å². The molecule has 186 valence electrons. The number of ether oxygens (including phenoxy) is 1. The number of hydrogen-bond donors (Lipinski definition) is 0. The van der Waals surface area contributed by atoms with Gasteiger partial charge in [-0.05, 0) is 51.7 Å². The third-order valence-corrected chi connectivity index (χ3v) is 7.01. The Balaban J connectivity index is 1.38. The van der Waals surface area contributed by atoms with Crippen LogP contribution in [-0.2, 0) is 10.9 Å². The summed E-state index contributed by atoms with van der Waals surface area (Å²) in [6.45, 7) is 4.26. The maximum atomic E-state index is 13.1. The molecule has 0 radical (unpaired) electrons. The van der Waals surface area contributed by atoms with Gasteiger partial charge < -0.3 is 4.74 Å². The van der Waals surface area contributed by atoms with Gasteiger partial charge >= 0.3 is 6.18 Å². The zero-order valence-corrected chi connectivity index (χ0v) is 20.0. The van der Waals surface area contributed by atoms with Gasteiger partial charge in [0.25, 0.3) is 0 Å². The van der Waals surface area contributed by atoms with Gasteiger partial charge in [0.1, 0.15) is 17.0 Å². The Labute approximate surface area is 205 Å². The highest BCUT2D eigenvalue weighted by Gasteiger charge is 2.32. The molecule has 0 N–H and O–H groups in total. The lowest BCUT2D eigenvalue weighted by molar-refractivity contribution is -0.137. The van der Waals surface area contributed by atoms with Crippen LogP contribution in [0.5, 0.6) is 0 Å². The fraction of sp³-hybridized carbons (Fsp3) is 0.423. The molecule has 1 saturated heterocycles. The molecule has 1 aliphatic heterocycles. The van der Waals surface area contributed by atoms with Gasteiger partial charge in [-0.2, -0.15) is 18.3 Å². The van der Waals surface area contributed by atoms with E-state index in [2.05, 4.69) is 21.3 Å². The smallest absolute Gasteiger partial charge is 0.373 e. The monoisotopic (exact) mass is 494 g/mol. The van der Waals surface area contributed by atoms with Crippen molar-refractivity contribution in [3.63, 3.8) is 0 Å². The number of halogens is 3. The third kappa shape index (κ3) is 4.34. The number of alkyl halides is 3. The van der Waals surface area contributed by atoms with Gasteiger partial charge in [-0.3, -0.25) is 4.68 Å². The fourth-order valence-electron chi connectivity index (χ4n) is 4.65. The number of nitrogens with zero attached hydrogens (tertiary/aromatic N) is 6. The lowest BCUT2D eigenvalue weighted by atomic mass is 9.92. The van der Waals surface area contributed by atoms with E-state index in [0.29, 0.717) is 47.3 Å². The van der Waals surface area contributed by atoms with E-state index in [1.807, 2.05) is 24.7 Å². The van der Waals surface area contributed by atoms with Crippen molar-refractivity contribution in [2.45, 2.75) is 63.8 Å². The third-order valence-electron chi connectivity index (χ3n) is 7.01. The number of aromatic nitrogens is 6. The molecule has 7 nitrogen and oxygen atoms in total. The molecule has 0 unspecified atom stereocenters. The zero-order valence-electron chi connectivity index (χ0n) is 20.0. The van der Waals surface area contributed by atoms with Gasteiger partial charge in [-0.15, -0.1) is 0 Å². The average Bonchev–Trinajstić information content (AvgIpc) is 3.60. The van der Waals surface area contributed by atoms with Crippen LogP contribution < -0.4 is 0 Å². The first-order valence-electron chi connectivity index (χ1n) is 12.1. The van der Waals surface area contributed by atoms with E-state index in [4.69, 9.17) is 14.7 Å². The molecule has 0 amide bonds. The Morgan fingerprint density at radius 3 is 2.42 bits per heavy atom. The van der Waals surface area contributed by atoms with Crippen LogP contribution in [0.15, 0.2) is 36.7 Å². The Kier molecular flexibility index (Phi) is 5.51. The van der Waals surface area contributed by atoms with Crippen LogP contribution in [0.2, 0.25) is 0 Å². The average molecular weight is 495 g/mol. The van der Waals surface area contributed by atoms with E-state index >= 15 is 0 Å². The molecular formula is C26H25F3N6O. The standard InChI is InChI=1S/C26H25F3N6O/c1-14-15(2)32-25-23(31-14)22(16-3-5-19(6-4-16)26(27,28)29)33-24(34-25)17-9-10-36-21(11-17)18-12-30-35(13-18)20-7-8-20/h3-6,12-13,17,20-21H,7-11H2,1-2H3/t17-,21-/m1/s1. The Hall–Kier alpha value is -3.40. The Morgan fingerprint density at radius 2 is 1.69 bits per heavy atom. The molecule has 1 aromatic carbocycles. The minimum absolute atomic E-state index is 0.00836. The van der Waals surface area contributed by atoms with E-state index in [-0.39, 0.29) is 12.0 Å². The lowest BCUT2D eigenvalue weighted by Gasteiger charge is -2.28. The van der Waals surface area contributed by atoms with E-state index in [9.17, 15) is 13.2 Å². The van der Waals surface area contributed by atoms with Crippen molar-refractivity contribution in [1.29, 1.82) is 0 Å². The highest BCUT2D eigenvalue weighted by molar-refractivity contribution is 5.87. The SMILES string of the molecule is Cc1nc2nc([C@@H]3CCO[C@@H](c4cnn(C5CC5)c4)C3)nc(-c3ccc(C(F)(F)F)cc3)c2nc1C. The molecule has 6 rings (SSSR count). The highest BCUT2D eigenvalue weighted by Crippen LogP contribution is 2.40. The van der Waals surface area contributed by atoms with Crippen molar-refractivity contribution in [3.8, 4) is 11.3 Å². The molecule has 10 heteroatoms. The summed E-state index contributed by atoms with van der Waals surface area (Å²) in [4.78, 5) is 18.9. The molecule has 4 aromatic rings.